The van der Waals surface area contributed by atoms with E-state index in [0.29, 0.717) is 34.7 Å². The van der Waals surface area contributed by atoms with Crippen molar-refractivity contribution < 1.29 is 14.3 Å². The Bertz CT molecular complexity index is 1020. The first-order valence-corrected chi connectivity index (χ1v) is 8.99. The molecule has 2 N–H and O–H groups in total. The Kier molecular flexibility index (Phi) is 4.99. The van der Waals surface area contributed by atoms with Gasteiger partial charge >= 0.3 is 0 Å². The second kappa shape index (κ2) is 7.74. The lowest BCUT2D eigenvalue weighted by molar-refractivity contribution is 0.0945. The second-order valence-electron chi connectivity index (χ2n) is 6.22. The fourth-order valence-corrected chi connectivity index (χ4v) is 2.85. The van der Waals surface area contributed by atoms with Gasteiger partial charge in [-0.05, 0) is 55.0 Å². The normalized spacial score (nSPS) is 11.9. The molecular weight excluding hydrogens is 380 g/mol. The number of carbonyl (C=O) groups is 1. The summed E-state index contributed by atoms with van der Waals surface area (Å²) in [6.45, 7) is 2.37. The highest BCUT2D eigenvalue weighted by Gasteiger charge is 2.15. The van der Waals surface area contributed by atoms with Gasteiger partial charge in [0.15, 0.2) is 11.5 Å². The molecule has 2 heterocycles. The van der Waals surface area contributed by atoms with Gasteiger partial charge in [-0.15, -0.1) is 0 Å². The molecule has 1 aliphatic heterocycles. The standard InChI is InChI=1S/C20H17ClN4O3/c1-12-8-16(25-20(23-12)24-15-5-3-14(21)4-6-15)19(26)22-10-13-2-7-17-18(9-13)28-11-27-17/h2-9H,10-11H2,1H3,(H,22,26)(H,23,24,25). The minimum atomic E-state index is -0.290. The van der Waals surface area contributed by atoms with E-state index in [2.05, 4.69) is 20.6 Å². The average molecular weight is 397 g/mol. The predicted octanol–water partition coefficient (Wildman–Crippen LogP) is 3.84. The van der Waals surface area contributed by atoms with Gasteiger partial charge in [0, 0.05) is 22.9 Å². The number of fused-ring (bicyclic) bond motifs is 1. The smallest absolute Gasteiger partial charge is 0.270 e. The predicted molar refractivity (Wildman–Crippen MR) is 105 cm³/mol. The monoisotopic (exact) mass is 396 g/mol. The van der Waals surface area contributed by atoms with Gasteiger partial charge in [-0.3, -0.25) is 4.79 Å². The topological polar surface area (TPSA) is 85.4 Å². The molecule has 8 heteroatoms. The van der Waals surface area contributed by atoms with Gasteiger partial charge in [0.25, 0.3) is 5.91 Å². The molecule has 0 saturated carbocycles. The summed E-state index contributed by atoms with van der Waals surface area (Å²) < 4.78 is 10.6. The largest absolute Gasteiger partial charge is 0.454 e. The van der Waals surface area contributed by atoms with E-state index < -0.39 is 0 Å². The molecule has 1 amide bonds. The van der Waals surface area contributed by atoms with E-state index in [1.807, 2.05) is 37.3 Å². The zero-order valence-electron chi connectivity index (χ0n) is 15.0. The molecule has 0 unspecified atom stereocenters. The number of rotatable bonds is 5. The first-order chi connectivity index (χ1) is 13.6. The van der Waals surface area contributed by atoms with Crippen molar-refractivity contribution in [3.05, 3.63) is 70.5 Å². The van der Waals surface area contributed by atoms with Crippen LogP contribution in [0.3, 0.4) is 0 Å². The minimum absolute atomic E-state index is 0.217. The number of hydrogen-bond donors (Lipinski definition) is 2. The molecule has 1 aliphatic rings. The van der Waals surface area contributed by atoms with Crippen molar-refractivity contribution in [1.82, 2.24) is 15.3 Å². The summed E-state index contributed by atoms with van der Waals surface area (Å²) in [7, 11) is 0. The summed E-state index contributed by atoms with van der Waals surface area (Å²) in [6.07, 6.45) is 0. The second-order valence-corrected chi connectivity index (χ2v) is 6.66. The van der Waals surface area contributed by atoms with Crippen LogP contribution in [0.5, 0.6) is 11.5 Å². The highest BCUT2D eigenvalue weighted by molar-refractivity contribution is 6.30. The molecule has 0 radical (unpaired) electrons. The Morgan fingerprint density at radius 2 is 1.86 bits per heavy atom. The van der Waals surface area contributed by atoms with E-state index in [4.69, 9.17) is 21.1 Å². The maximum Gasteiger partial charge on any atom is 0.270 e. The summed E-state index contributed by atoms with van der Waals surface area (Å²) in [5.74, 6) is 1.44. The van der Waals surface area contributed by atoms with Crippen LogP contribution in [0.1, 0.15) is 21.7 Å². The van der Waals surface area contributed by atoms with E-state index in [1.165, 1.54) is 0 Å². The Balaban J connectivity index is 1.45. The van der Waals surface area contributed by atoms with Crippen molar-refractivity contribution in [3.63, 3.8) is 0 Å². The summed E-state index contributed by atoms with van der Waals surface area (Å²) in [4.78, 5) is 21.2. The van der Waals surface area contributed by atoms with Gasteiger partial charge in [0.1, 0.15) is 5.69 Å². The van der Waals surface area contributed by atoms with Crippen molar-refractivity contribution in [1.29, 1.82) is 0 Å². The van der Waals surface area contributed by atoms with Crippen molar-refractivity contribution in [2.24, 2.45) is 0 Å². The molecule has 7 nitrogen and oxygen atoms in total. The van der Waals surface area contributed by atoms with E-state index in [0.717, 1.165) is 11.3 Å². The lowest BCUT2D eigenvalue weighted by Gasteiger charge is -2.09. The van der Waals surface area contributed by atoms with Crippen LogP contribution in [0.4, 0.5) is 11.6 Å². The lowest BCUT2D eigenvalue weighted by atomic mass is 10.2. The number of benzene rings is 2. The molecule has 0 fully saturated rings. The van der Waals surface area contributed by atoms with E-state index in [-0.39, 0.29) is 18.4 Å². The van der Waals surface area contributed by atoms with Crippen molar-refractivity contribution >= 4 is 29.1 Å². The number of nitrogens with zero attached hydrogens (tertiary/aromatic N) is 2. The van der Waals surface area contributed by atoms with E-state index >= 15 is 0 Å². The Morgan fingerprint density at radius 3 is 2.68 bits per heavy atom. The zero-order chi connectivity index (χ0) is 19.5. The fourth-order valence-electron chi connectivity index (χ4n) is 2.73. The molecule has 28 heavy (non-hydrogen) atoms. The Labute approximate surface area is 166 Å². The first-order valence-electron chi connectivity index (χ1n) is 8.62. The van der Waals surface area contributed by atoms with Gasteiger partial charge in [-0.25, -0.2) is 9.97 Å². The van der Waals surface area contributed by atoms with Crippen molar-refractivity contribution in [2.45, 2.75) is 13.5 Å². The van der Waals surface area contributed by atoms with Crippen molar-refractivity contribution in [2.75, 3.05) is 12.1 Å². The number of anilines is 2. The van der Waals surface area contributed by atoms with E-state index in [9.17, 15) is 4.79 Å². The lowest BCUT2D eigenvalue weighted by Crippen LogP contribution is -2.24. The molecular formula is C20H17ClN4O3. The molecule has 0 bridgehead atoms. The molecule has 0 atom stereocenters. The van der Waals surface area contributed by atoms with Crippen LogP contribution in [0.2, 0.25) is 5.02 Å². The number of amides is 1. The third kappa shape index (κ3) is 4.15. The summed E-state index contributed by atoms with van der Waals surface area (Å²) in [6, 6.07) is 14.3. The van der Waals surface area contributed by atoms with Gasteiger partial charge in [0.2, 0.25) is 12.7 Å². The molecule has 1 aromatic heterocycles. The number of hydrogen-bond acceptors (Lipinski definition) is 6. The number of aromatic nitrogens is 2. The highest BCUT2D eigenvalue weighted by atomic mass is 35.5. The molecule has 0 spiro atoms. The third-order valence-electron chi connectivity index (χ3n) is 4.08. The van der Waals surface area contributed by atoms with Crippen molar-refractivity contribution in [3.8, 4) is 11.5 Å². The van der Waals surface area contributed by atoms with Gasteiger partial charge < -0.3 is 20.1 Å². The van der Waals surface area contributed by atoms with Gasteiger partial charge in [-0.1, -0.05) is 17.7 Å². The number of carbonyl (C=O) groups excluding carboxylic acids is 1. The summed E-state index contributed by atoms with van der Waals surface area (Å²) in [5.41, 5.74) is 2.65. The molecule has 0 saturated heterocycles. The van der Waals surface area contributed by atoms with Gasteiger partial charge in [0.05, 0.1) is 0 Å². The highest BCUT2D eigenvalue weighted by Crippen LogP contribution is 2.32. The average Bonchev–Trinajstić information content (AvgIpc) is 3.15. The zero-order valence-corrected chi connectivity index (χ0v) is 15.8. The summed E-state index contributed by atoms with van der Waals surface area (Å²) in [5, 5.41) is 6.58. The Morgan fingerprint density at radius 1 is 1.07 bits per heavy atom. The molecule has 0 aliphatic carbocycles. The fraction of sp³-hybridized carbons (Fsp3) is 0.150. The molecule has 2 aromatic carbocycles. The maximum absolute atomic E-state index is 12.6. The number of halogens is 1. The van der Waals surface area contributed by atoms with Crippen LogP contribution in [0.15, 0.2) is 48.5 Å². The third-order valence-corrected chi connectivity index (χ3v) is 4.33. The van der Waals surface area contributed by atoms with Crippen LogP contribution in [-0.4, -0.2) is 22.7 Å². The van der Waals surface area contributed by atoms with Crippen LogP contribution in [0, 0.1) is 6.92 Å². The Hall–Kier alpha value is -3.32. The summed E-state index contributed by atoms with van der Waals surface area (Å²) >= 11 is 5.90. The molecule has 142 valence electrons. The van der Waals surface area contributed by atoms with Crippen LogP contribution in [-0.2, 0) is 6.54 Å². The molecule has 4 rings (SSSR count). The first kappa shape index (κ1) is 18.1. The van der Waals surface area contributed by atoms with Crippen LogP contribution >= 0.6 is 11.6 Å². The van der Waals surface area contributed by atoms with Crippen LogP contribution < -0.4 is 20.1 Å². The molecule has 3 aromatic rings. The minimum Gasteiger partial charge on any atom is -0.454 e. The van der Waals surface area contributed by atoms with Crippen LogP contribution in [0.25, 0.3) is 0 Å². The number of nitrogens with one attached hydrogen (secondary N) is 2. The number of ether oxygens (including phenoxy) is 2. The SMILES string of the molecule is Cc1cc(C(=O)NCc2ccc3c(c2)OCO3)nc(Nc2ccc(Cl)cc2)n1. The maximum atomic E-state index is 12.6. The number of aryl methyl sites for hydroxylation is 1. The van der Waals surface area contributed by atoms with E-state index in [1.54, 1.807) is 18.2 Å². The van der Waals surface area contributed by atoms with Gasteiger partial charge in [-0.2, -0.15) is 0 Å². The quantitative estimate of drug-likeness (QED) is 0.681.